The highest BCUT2D eigenvalue weighted by Crippen LogP contribution is 2.30. The number of aromatic nitrogens is 1. The van der Waals surface area contributed by atoms with Crippen molar-refractivity contribution >= 4 is 33.3 Å². The molecule has 1 aromatic heterocycles. The van der Waals surface area contributed by atoms with Crippen molar-refractivity contribution in [3.8, 4) is 11.1 Å². The molecule has 0 radical (unpaired) electrons. The van der Waals surface area contributed by atoms with E-state index >= 15 is 0 Å². The fraction of sp³-hybridized carbons (Fsp3) is 0.0909. The zero-order valence-corrected chi connectivity index (χ0v) is 16.8. The molecule has 0 amide bonds. The van der Waals surface area contributed by atoms with Gasteiger partial charge in [0.15, 0.2) is 0 Å². The third kappa shape index (κ3) is 3.56. The van der Waals surface area contributed by atoms with Gasteiger partial charge in [-0.25, -0.2) is 12.4 Å². The Hall–Kier alpha value is -2.60. The summed E-state index contributed by atoms with van der Waals surface area (Å²) in [6.07, 6.45) is 2.32. The molecule has 1 heterocycles. The molecule has 4 nitrogen and oxygen atoms in total. The molecule has 0 fully saturated rings. The minimum atomic E-state index is -3.66. The second-order valence-electron chi connectivity index (χ2n) is 6.40. The van der Waals surface area contributed by atoms with E-state index in [9.17, 15) is 8.42 Å². The summed E-state index contributed by atoms with van der Waals surface area (Å²) >= 11 is 0. The van der Waals surface area contributed by atoms with Crippen molar-refractivity contribution in [2.75, 3.05) is 6.54 Å². The fourth-order valence-corrected chi connectivity index (χ4v) is 4.75. The number of hydrogen-bond donors (Lipinski definition) is 1. The maximum atomic E-state index is 13.2. The van der Waals surface area contributed by atoms with Crippen molar-refractivity contribution in [1.29, 1.82) is 0 Å². The molecule has 2 N–H and O–H groups in total. The largest absolute Gasteiger partial charge is 0.330 e. The van der Waals surface area contributed by atoms with Crippen LogP contribution in [-0.2, 0) is 16.4 Å². The van der Waals surface area contributed by atoms with E-state index in [2.05, 4.69) is 0 Å². The first kappa shape index (κ1) is 20.1. The lowest BCUT2D eigenvalue weighted by molar-refractivity contribution is 0.589. The van der Waals surface area contributed by atoms with Crippen LogP contribution in [0.3, 0.4) is 0 Å². The maximum Gasteiger partial charge on any atom is 0.268 e. The molecule has 4 aromatic rings. The highest BCUT2D eigenvalue weighted by atomic mass is 35.5. The number of nitrogens with two attached hydrogens (primary N) is 1. The summed E-state index contributed by atoms with van der Waals surface area (Å²) < 4.78 is 27.7. The molecule has 0 aliphatic rings. The third-order valence-corrected chi connectivity index (χ3v) is 6.36. The van der Waals surface area contributed by atoms with Crippen LogP contribution in [0.2, 0.25) is 0 Å². The molecule has 0 aliphatic carbocycles. The molecule has 0 atom stereocenters. The van der Waals surface area contributed by atoms with Crippen LogP contribution in [0.15, 0.2) is 90.0 Å². The van der Waals surface area contributed by atoms with E-state index in [1.165, 1.54) is 3.97 Å². The van der Waals surface area contributed by atoms with Crippen LogP contribution in [0.5, 0.6) is 0 Å². The van der Waals surface area contributed by atoms with Crippen LogP contribution in [0.4, 0.5) is 0 Å². The molecule has 6 heteroatoms. The minimum Gasteiger partial charge on any atom is -0.330 e. The third-order valence-electron chi connectivity index (χ3n) is 4.67. The van der Waals surface area contributed by atoms with Crippen LogP contribution >= 0.6 is 12.4 Å². The summed E-state index contributed by atoms with van der Waals surface area (Å²) in [5, 5.41) is 0.918. The Bertz CT molecular complexity index is 1190. The van der Waals surface area contributed by atoms with Gasteiger partial charge in [0, 0.05) is 11.6 Å². The lowest BCUT2D eigenvalue weighted by Crippen LogP contribution is -2.11. The molecule has 28 heavy (non-hydrogen) atoms. The zero-order valence-electron chi connectivity index (χ0n) is 15.2. The zero-order chi connectivity index (χ0) is 18.9. The SMILES string of the molecule is Cl.NCCc1cn(S(=O)(=O)c2ccccc2)c2ccc(-c3ccccc3)cc12. The van der Waals surface area contributed by atoms with Gasteiger partial charge in [0.2, 0.25) is 0 Å². The van der Waals surface area contributed by atoms with Crippen LogP contribution < -0.4 is 5.73 Å². The Balaban J connectivity index is 0.00000225. The number of rotatable bonds is 5. The summed E-state index contributed by atoms with van der Waals surface area (Å²) in [4.78, 5) is 0.272. The minimum absolute atomic E-state index is 0. The number of nitrogens with zero attached hydrogens (tertiary/aromatic N) is 1. The molecule has 0 spiro atoms. The van der Waals surface area contributed by atoms with E-state index in [1.54, 1.807) is 36.5 Å². The van der Waals surface area contributed by atoms with Crippen LogP contribution in [0, 0.1) is 0 Å². The van der Waals surface area contributed by atoms with Gasteiger partial charge in [0.05, 0.1) is 10.4 Å². The number of hydrogen-bond acceptors (Lipinski definition) is 3. The van der Waals surface area contributed by atoms with Crippen molar-refractivity contribution < 1.29 is 8.42 Å². The average molecular weight is 413 g/mol. The van der Waals surface area contributed by atoms with E-state index in [1.807, 2.05) is 48.5 Å². The van der Waals surface area contributed by atoms with Crippen molar-refractivity contribution in [2.24, 2.45) is 5.73 Å². The predicted octanol–water partition coefficient (Wildman–Crippen LogP) is 4.47. The maximum absolute atomic E-state index is 13.2. The van der Waals surface area contributed by atoms with E-state index in [-0.39, 0.29) is 17.3 Å². The fourth-order valence-electron chi connectivity index (χ4n) is 3.34. The summed E-state index contributed by atoms with van der Waals surface area (Å²) in [5.74, 6) is 0. The average Bonchev–Trinajstić information content (AvgIpc) is 3.08. The van der Waals surface area contributed by atoms with Crippen LogP contribution in [-0.4, -0.2) is 18.9 Å². The Kier molecular flexibility index (Phi) is 5.89. The molecule has 0 saturated carbocycles. The normalized spacial score (nSPS) is 11.3. The highest BCUT2D eigenvalue weighted by Gasteiger charge is 2.21. The summed E-state index contributed by atoms with van der Waals surface area (Å²) in [6.45, 7) is 0.458. The van der Waals surface area contributed by atoms with Gasteiger partial charge in [-0.1, -0.05) is 54.6 Å². The molecule has 144 valence electrons. The molecular weight excluding hydrogens is 392 g/mol. The summed E-state index contributed by atoms with van der Waals surface area (Å²) in [5.41, 5.74) is 9.52. The van der Waals surface area contributed by atoms with E-state index in [4.69, 9.17) is 5.73 Å². The molecule has 0 aliphatic heterocycles. The van der Waals surface area contributed by atoms with Gasteiger partial charge < -0.3 is 5.73 Å². The Morgan fingerprint density at radius 2 is 1.46 bits per heavy atom. The smallest absolute Gasteiger partial charge is 0.268 e. The van der Waals surface area contributed by atoms with Crippen LogP contribution in [0.1, 0.15) is 5.56 Å². The van der Waals surface area contributed by atoms with Crippen molar-refractivity contribution in [2.45, 2.75) is 11.3 Å². The van der Waals surface area contributed by atoms with Crippen molar-refractivity contribution in [3.05, 3.63) is 90.6 Å². The number of fused-ring (bicyclic) bond motifs is 1. The van der Waals surface area contributed by atoms with Crippen molar-refractivity contribution in [3.63, 3.8) is 0 Å². The summed E-state index contributed by atoms with van der Waals surface area (Å²) in [7, 11) is -3.66. The quantitative estimate of drug-likeness (QED) is 0.526. The Morgan fingerprint density at radius 1 is 0.821 bits per heavy atom. The van der Waals surface area contributed by atoms with E-state index in [0.29, 0.717) is 18.5 Å². The van der Waals surface area contributed by atoms with Gasteiger partial charge >= 0.3 is 0 Å². The van der Waals surface area contributed by atoms with Gasteiger partial charge in [0.25, 0.3) is 10.0 Å². The molecular formula is C22H21ClN2O2S. The molecule has 0 bridgehead atoms. The molecule has 0 saturated heterocycles. The second-order valence-corrected chi connectivity index (χ2v) is 8.22. The van der Waals surface area contributed by atoms with Crippen molar-refractivity contribution in [1.82, 2.24) is 3.97 Å². The first-order valence-corrected chi connectivity index (χ1v) is 10.3. The van der Waals surface area contributed by atoms with Gasteiger partial charge in [-0.2, -0.15) is 0 Å². The lowest BCUT2D eigenvalue weighted by atomic mass is 10.0. The van der Waals surface area contributed by atoms with E-state index < -0.39 is 10.0 Å². The number of halogens is 1. The second kappa shape index (κ2) is 8.19. The summed E-state index contributed by atoms with van der Waals surface area (Å²) in [6, 6.07) is 24.4. The molecule has 4 rings (SSSR count). The standard InChI is InChI=1S/C22H20N2O2S.ClH/c23-14-13-19-16-24(27(25,26)20-9-5-2-6-10-20)22-12-11-18(15-21(19)22)17-7-3-1-4-8-17;/h1-12,15-16H,13-14,23H2;1H. The molecule has 3 aromatic carbocycles. The first-order chi connectivity index (χ1) is 13.1. The monoisotopic (exact) mass is 412 g/mol. The van der Waals surface area contributed by atoms with Gasteiger partial charge in [0.1, 0.15) is 0 Å². The topological polar surface area (TPSA) is 65.1 Å². The Labute approximate surface area is 171 Å². The van der Waals surface area contributed by atoms with Gasteiger partial charge in [-0.15, -0.1) is 12.4 Å². The predicted molar refractivity (Wildman–Crippen MR) is 116 cm³/mol. The molecule has 0 unspecified atom stereocenters. The van der Waals surface area contributed by atoms with Gasteiger partial charge in [-0.3, -0.25) is 0 Å². The highest BCUT2D eigenvalue weighted by molar-refractivity contribution is 7.90. The van der Waals surface area contributed by atoms with Crippen LogP contribution in [0.25, 0.3) is 22.0 Å². The van der Waals surface area contributed by atoms with Gasteiger partial charge in [-0.05, 0) is 53.9 Å². The Morgan fingerprint density at radius 3 is 2.11 bits per heavy atom. The van der Waals surface area contributed by atoms with E-state index in [0.717, 1.165) is 22.1 Å². The lowest BCUT2D eigenvalue weighted by Gasteiger charge is -2.08. The first-order valence-electron chi connectivity index (χ1n) is 8.81. The number of benzene rings is 3.